The molecule has 0 aromatic heterocycles. The number of aliphatic hydroxyl groups is 1. The van der Waals surface area contributed by atoms with Gasteiger partial charge in [0.25, 0.3) is 0 Å². The van der Waals surface area contributed by atoms with Gasteiger partial charge < -0.3 is 10.4 Å². The smallest absolute Gasteiger partial charge is 0.0992 e. The van der Waals surface area contributed by atoms with Gasteiger partial charge in [-0.05, 0) is 60.2 Å². The van der Waals surface area contributed by atoms with Crippen molar-refractivity contribution in [3.63, 3.8) is 0 Å². The fourth-order valence-corrected chi connectivity index (χ4v) is 1.78. The van der Waals surface area contributed by atoms with Gasteiger partial charge in [0.1, 0.15) is 0 Å². The first-order chi connectivity index (χ1) is 7.06. The van der Waals surface area contributed by atoms with Gasteiger partial charge in [-0.1, -0.05) is 19.1 Å². The molecule has 3 heteroatoms. The van der Waals surface area contributed by atoms with Gasteiger partial charge in [0.2, 0.25) is 0 Å². The van der Waals surface area contributed by atoms with E-state index in [1.54, 1.807) is 0 Å². The molecule has 2 N–H and O–H groups in total. The molecule has 0 spiro atoms. The summed E-state index contributed by atoms with van der Waals surface area (Å²) >= 11 is 2.26. The Bertz CT molecular complexity index is 295. The van der Waals surface area contributed by atoms with E-state index < -0.39 is 5.60 Å². The third-order valence-corrected chi connectivity index (χ3v) is 3.08. The predicted octanol–water partition coefficient (Wildman–Crippen LogP) is 2.50. The molecule has 15 heavy (non-hydrogen) atoms. The van der Waals surface area contributed by atoms with Crippen molar-refractivity contribution in [1.82, 2.24) is 5.32 Å². The Morgan fingerprint density at radius 2 is 1.93 bits per heavy atom. The molecule has 0 saturated carbocycles. The number of hydrogen-bond donors (Lipinski definition) is 2. The number of hydrogen-bond acceptors (Lipinski definition) is 2. The van der Waals surface area contributed by atoms with Crippen LogP contribution in [0.5, 0.6) is 0 Å². The van der Waals surface area contributed by atoms with Gasteiger partial charge >= 0.3 is 0 Å². The van der Waals surface area contributed by atoms with Gasteiger partial charge in [0.05, 0.1) is 5.60 Å². The van der Waals surface area contributed by atoms with Crippen LogP contribution < -0.4 is 5.32 Å². The zero-order valence-corrected chi connectivity index (χ0v) is 11.4. The van der Waals surface area contributed by atoms with Crippen LogP contribution in [-0.4, -0.2) is 18.2 Å². The first-order valence-corrected chi connectivity index (χ1v) is 6.33. The standard InChI is InChI=1S/C12H18INO/c1-3-8-14-9-12(2,15)10-4-6-11(13)7-5-10/h4-7,14-15H,3,8-9H2,1-2H3. The summed E-state index contributed by atoms with van der Waals surface area (Å²) in [7, 11) is 0. The van der Waals surface area contributed by atoms with Crippen LogP contribution in [0.4, 0.5) is 0 Å². The van der Waals surface area contributed by atoms with E-state index in [1.165, 1.54) is 3.57 Å². The Labute approximate surface area is 105 Å². The zero-order chi connectivity index (χ0) is 11.3. The molecular formula is C12H18INO. The molecule has 0 saturated heterocycles. The average Bonchev–Trinajstić information content (AvgIpc) is 2.18. The lowest BCUT2D eigenvalue weighted by molar-refractivity contribution is 0.0572. The summed E-state index contributed by atoms with van der Waals surface area (Å²) in [5.41, 5.74) is 0.186. The minimum Gasteiger partial charge on any atom is -0.384 e. The van der Waals surface area contributed by atoms with E-state index in [2.05, 4.69) is 34.8 Å². The molecule has 0 amide bonds. The van der Waals surface area contributed by atoms with E-state index >= 15 is 0 Å². The molecule has 0 heterocycles. The van der Waals surface area contributed by atoms with Crippen LogP contribution in [0.3, 0.4) is 0 Å². The van der Waals surface area contributed by atoms with Gasteiger partial charge in [-0.2, -0.15) is 0 Å². The minimum absolute atomic E-state index is 0.599. The summed E-state index contributed by atoms with van der Waals surface area (Å²) in [5, 5.41) is 13.5. The molecule has 84 valence electrons. The summed E-state index contributed by atoms with van der Waals surface area (Å²) < 4.78 is 1.19. The number of halogens is 1. The van der Waals surface area contributed by atoms with E-state index in [0.29, 0.717) is 6.54 Å². The molecule has 0 aliphatic rings. The highest BCUT2D eigenvalue weighted by atomic mass is 127. The van der Waals surface area contributed by atoms with E-state index in [-0.39, 0.29) is 0 Å². The van der Waals surface area contributed by atoms with Crippen molar-refractivity contribution in [2.75, 3.05) is 13.1 Å². The summed E-state index contributed by atoms with van der Waals surface area (Å²) in [6, 6.07) is 8.00. The first-order valence-electron chi connectivity index (χ1n) is 5.25. The number of benzene rings is 1. The summed E-state index contributed by atoms with van der Waals surface area (Å²) in [6.07, 6.45) is 1.09. The fourth-order valence-electron chi connectivity index (χ4n) is 1.42. The van der Waals surface area contributed by atoms with E-state index in [9.17, 15) is 5.11 Å². The number of nitrogens with one attached hydrogen (secondary N) is 1. The van der Waals surface area contributed by atoms with E-state index in [0.717, 1.165) is 18.5 Å². The van der Waals surface area contributed by atoms with Crippen LogP contribution in [0.15, 0.2) is 24.3 Å². The zero-order valence-electron chi connectivity index (χ0n) is 9.26. The lowest BCUT2D eigenvalue weighted by Gasteiger charge is -2.24. The Kier molecular flexibility index (Phi) is 5.02. The van der Waals surface area contributed by atoms with Crippen molar-refractivity contribution in [1.29, 1.82) is 0 Å². The lowest BCUT2D eigenvalue weighted by atomic mass is 9.96. The monoisotopic (exact) mass is 319 g/mol. The summed E-state index contributed by atoms with van der Waals surface area (Å²) in [5.74, 6) is 0. The Morgan fingerprint density at radius 1 is 1.33 bits per heavy atom. The topological polar surface area (TPSA) is 32.3 Å². The third-order valence-electron chi connectivity index (χ3n) is 2.36. The van der Waals surface area contributed by atoms with Crippen molar-refractivity contribution < 1.29 is 5.11 Å². The SMILES string of the molecule is CCCNCC(C)(O)c1ccc(I)cc1. The van der Waals surface area contributed by atoms with Crippen molar-refractivity contribution >= 4 is 22.6 Å². The molecule has 1 rings (SSSR count). The molecule has 1 aromatic carbocycles. The van der Waals surface area contributed by atoms with Crippen LogP contribution in [-0.2, 0) is 5.60 Å². The second-order valence-corrected chi connectivity index (χ2v) is 5.20. The fraction of sp³-hybridized carbons (Fsp3) is 0.500. The van der Waals surface area contributed by atoms with E-state index in [4.69, 9.17) is 0 Å². The second kappa shape index (κ2) is 5.82. The van der Waals surface area contributed by atoms with Crippen molar-refractivity contribution in [2.45, 2.75) is 25.9 Å². The maximum absolute atomic E-state index is 10.2. The van der Waals surface area contributed by atoms with Gasteiger partial charge in [-0.3, -0.25) is 0 Å². The third kappa shape index (κ3) is 4.09. The Balaban J connectivity index is 2.63. The molecule has 0 aliphatic heterocycles. The molecule has 1 aromatic rings. The average molecular weight is 319 g/mol. The van der Waals surface area contributed by atoms with Gasteiger partial charge in [-0.25, -0.2) is 0 Å². The second-order valence-electron chi connectivity index (χ2n) is 3.96. The summed E-state index contributed by atoms with van der Waals surface area (Å²) in [4.78, 5) is 0. The molecule has 0 bridgehead atoms. The maximum Gasteiger partial charge on any atom is 0.0992 e. The van der Waals surface area contributed by atoms with Gasteiger partial charge in [0.15, 0.2) is 0 Å². The van der Waals surface area contributed by atoms with Crippen molar-refractivity contribution in [3.05, 3.63) is 33.4 Å². The molecule has 1 atom stereocenters. The molecule has 0 aliphatic carbocycles. The highest BCUT2D eigenvalue weighted by molar-refractivity contribution is 14.1. The molecule has 2 nitrogen and oxygen atoms in total. The molecule has 0 fully saturated rings. The first kappa shape index (κ1) is 12.9. The van der Waals surface area contributed by atoms with Gasteiger partial charge in [-0.15, -0.1) is 0 Å². The van der Waals surface area contributed by atoms with Crippen LogP contribution in [0.1, 0.15) is 25.8 Å². The maximum atomic E-state index is 10.2. The van der Waals surface area contributed by atoms with Crippen LogP contribution in [0.2, 0.25) is 0 Å². The molecular weight excluding hydrogens is 301 g/mol. The van der Waals surface area contributed by atoms with Gasteiger partial charge in [0, 0.05) is 10.1 Å². The van der Waals surface area contributed by atoms with Crippen molar-refractivity contribution in [3.8, 4) is 0 Å². The van der Waals surface area contributed by atoms with Crippen molar-refractivity contribution in [2.24, 2.45) is 0 Å². The Morgan fingerprint density at radius 3 is 2.47 bits per heavy atom. The summed E-state index contributed by atoms with van der Waals surface area (Å²) in [6.45, 7) is 5.51. The minimum atomic E-state index is -0.778. The highest BCUT2D eigenvalue weighted by Crippen LogP contribution is 2.20. The van der Waals surface area contributed by atoms with Crippen LogP contribution in [0, 0.1) is 3.57 Å². The Hall–Kier alpha value is -0.130. The number of rotatable bonds is 5. The lowest BCUT2D eigenvalue weighted by Crippen LogP contribution is -2.35. The van der Waals surface area contributed by atoms with E-state index in [1.807, 2.05) is 31.2 Å². The largest absolute Gasteiger partial charge is 0.384 e. The van der Waals surface area contributed by atoms with Crippen LogP contribution >= 0.6 is 22.6 Å². The molecule has 1 unspecified atom stereocenters. The molecule has 0 radical (unpaired) electrons. The predicted molar refractivity (Wildman–Crippen MR) is 71.9 cm³/mol. The highest BCUT2D eigenvalue weighted by Gasteiger charge is 2.21. The van der Waals surface area contributed by atoms with Crippen LogP contribution in [0.25, 0.3) is 0 Å². The normalized spacial score (nSPS) is 14.9. The quantitative estimate of drug-likeness (QED) is 0.646.